The molecular weight excluding hydrogens is 471 g/mol. The SMILES string of the molecule is CCNC(=NCC(c1cccs1)N1CCCC1)N(C)CCOCC1CC1.I. The molecule has 1 aliphatic heterocycles. The lowest BCUT2D eigenvalue weighted by atomic mass is 10.2. The summed E-state index contributed by atoms with van der Waals surface area (Å²) < 4.78 is 5.79. The highest BCUT2D eigenvalue weighted by Crippen LogP contribution is 2.29. The Morgan fingerprint density at radius 3 is 2.81 bits per heavy atom. The van der Waals surface area contributed by atoms with Gasteiger partial charge in [0.05, 0.1) is 19.2 Å². The molecule has 2 heterocycles. The minimum atomic E-state index is 0. The minimum Gasteiger partial charge on any atom is -0.379 e. The maximum Gasteiger partial charge on any atom is 0.193 e. The zero-order valence-corrected chi connectivity index (χ0v) is 19.9. The van der Waals surface area contributed by atoms with E-state index in [1.165, 1.54) is 43.6 Å². The van der Waals surface area contributed by atoms with Crippen molar-refractivity contribution in [2.75, 3.05) is 53.0 Å². The number of likely N-dealkylation sites (tertiary alicyclic amines) is 1. The van der Waals surface area contributed by atoms with Crippen molar-refractivity contribution in [2.45, 2.75) is 38.6 Å². The van der Waals surface area contributed by atoms with Crippen molar-refractivity contribution in [2.24, 2.45) is 10.9 Å². The van der Waals surface area contributed by atoms with Gasteiger partial charge in [-0.25, -0.2) is 0 Å². The van der Waals surface area contributed by atoms with Crippen molar-refractivity contribution in [3.05, 3.63) is 22.4 Å². The molecule has 27 heavy (non-hydrogen) atoms. The molecule has 3 rings (SSSR count). The smallest absolute Gasteiger partial charge is 0.193 e. The van der Waals surface area contributed by atoms with Gasteiger partial charge in [0.2, 0.25) is 0 Å². The minimum absolute atomic E-state index is 0. The summed E-state index contributed by atoms with van der Waals surface area (Å²) in [6, 6.07) is 4.82. The van der Waals surface area contributed by atoms with E-state index < -0.39 is 0 Å². The van der Waals surface area contributed by atoms with Crippen LogP contribution in [0, 0.1) is 5.92 Å². The van der Waals surface area contributed by atoms with Crippen LogP contribution < -0.4 is 5.32 Å². The molecule has 0 spiro atoms. The van der Waals surface area contributed by atoms with E-state index in [2.05, 4.69) is 46.6 Å². The summed E-state index contributed by atoms with van der Waals surface area (Å²) in [6.07, 6.45) is 5.31. The summed E-state index contributed by atoms with van der Waals surface area (Å²) >= 11 is 1.85. The molecule has 0 aromatic carbocycles. The maximum absolute atomic E-state index is 5.79. The largest absolute Gasteiger partial charge is 0.379 e. The molecule has 1 atom stereocenters. The van der Waals surface area contributed by atoms with Crippen LogP contribution in [0.25, 0.3) is 0 Å². The quantitative estimate of drug-likeness (QED) is 0.227. The van der Waals surface area contributed by atoms with Crippen LogP contribution in [-0.2, 0) is 4.74 Å². The van der Waals surface area contributed by atoms with Gasteiger partial charge in [-0.3, -0.25) is 9.89 Å². The highest BCUT2D eigenvalue weighted by Gasteiger charge is 2.24. The normalized spacial score (nSPS) is 19.0. The number of nitrogens with zero attached hydrogens (tertiary/aromatic N) is 3. The van der Waals surface area contributed by atoms with Crippen molar-refractivity contribution in [1.82, 2.24) is 15.1 Å². The Morgan fingerprint density at radius 1 is 1.41 bits per heavy atom. The number of thiophene rings is 1. The van der Waals surface area contributed by atoms with Gasteiger partial charge in [-0.1, -0.05) is 6.07 Å². The first-order chi connectivity index (χ1) is 12.8. The fourth-order valence-electron chi connectivity index (χ4n) is 3.40. The Labute approximate surface area is 185 Å². The topological polar surface area (TPSA) is 40.1 Å². The lowest BCUT2D eigenvalue weighted by Crippen LogP contribution is -2.41. The highest BCUT2D eigenvalue weighted by atomic mass is 127. The maximum atomic E-state index is 5.79. The summed E-state index contributed by atoms with van der Waals surface area (Å²) in [5.41, 5.74) is 0. The molecule has 0 radical (unpaired) electrons. The molecule has 0 bridgehead atoms. The fourth-order valence-corrected chi connectivity index (χ4v) is 4.26. The second kappa shape index (κ2) is 12.2. The van der Waals surface area contributed by atoms with Crippen molar-refractivity contribution >= 4 is 41.3 Å². The third kappa shape index (κ3) is 7.51. The van der Waals surface area contributed by atoms with Gasteiger partial charge in [0, 0.05) is 31.6 Å². The first kappa shape index (κ1) is 22.9. The molecule has 154 valence electrons. The van der Waals surface area contributed by atoms with Crippen molar-refractivity contribution in [3.63, 3.8) is 0 Å². The zero-order valence-electron chi connectivity index (χ0n) is 16.7. The number of likely N-dealkylation sites (N-methyl/N-ethyl adjacent to an activating group) is 1. The van der Waals surface area contributed by atoms with Crippen LogP contribution in [0.4, 0.5) is 0 Å². The van der Waals surface area contributed by atoms with Gasteiger partial charge in [-0.15, -0.1) is 35.3 Å². The summed E-state index contributed by atoms with van der Waals surface area (Å²) in [5, 5.41) is 5.62. The summed E-state index contributed by atoms with van der Waals surface area (Å²) in [7, 11) is 2.11. The molecule has 1 N–H and O–H groups in total. The molecular formula is C20H35IN4OS. The van der Waals surface area contributed by atoms with Gasteiger partial charge in [0.15, 0.2) is 5.96 Å². The molecule has 0 amide bonds. The van der Waals surface area contributed by atoms with Crippen LogP contribution >= 0.6 is 35.3 Å². The Morgan fingerprint density at radius 2 is 2.19 bits per heavy atom. The van der Waals surface area contributed by atoms with Gasteiger partial charge < -0.3 is 15.0 Å². The molecule has 7 heteroatoms. The van der Waals surface area contributed by atoms with E-state index in [0.717, 1.165) is 44.7 Å². The second-order valence-corrected chi connectivity index (χ2v) is 8.39. The van der Waals surface area contributed by atoms with Gasteiger partial charge >= 0.3 is 0 Å². The first-order valence-corrected chi connectivity index (χ1v) is 11.0. The van der Waals surface area contributed by atoms with Crippen LogP contribution in [-0.4, -0.2) is 68.7 Å². The molecule has 1 saturated heterocycles. The van der Waals surface area contributed by atoms with E-state index >= 15 is 0 Å². The molecule has 1 aromatic heterocycles. The summed E-state index contributed by atoms with van der Waals surface area (Å²) in [4.78, 5) is 11.2. The number of nitrogens with one attached hydrogen (secondary N) is 1. The van der Waals surface area contributed by atoms with E-state index in [0.29, 0.717) is 6.04 Å². The van der Waals surface area contributed by atoms with Crippen molar-refractivity contribution in [1.29, 1.82) is 0 Å². The molecule has 5 nitrogen and oxygen atoms in total. The molecule has 1 unspecified atom stereocenters. The molecule has 1 saturated carbocycles. The summed E-state index contributed by atoms with van der Waals surface area (Å²) in [6.45, 7) is 8.81. The lowest BCUT2D eigenvalue weighted by Gasteiger charge is -2.27. The average Bonchev–Trinajstić information content (AvgIpc) is 3.10. The monoisotopic (exact) mass is 506 g/mol. The molecule has 2 aliphatic rings. The van der Waals surface area contributed by atoms with E-state index in [4.69, 9.17) is 9.73 Å². The second-order valence-electron chi connectivity index (χ2n) is 7.41. The Kier molecular flexibility index (Phi) is 10.4. The number of ether oxygens (including phenoxy) is 1. The fraction of sp³-hybridized carbons (Fsp3) is 0.750. The van der Waals surface area contributed by atoms with E-state index in [9.17, 15) is 0 Å². The van der Waals surface area contributed by atoms with Crippen molar-refractivity contribution in [3.8, 4) is 0 Å². The lowest BCUT2D eigenvalue weighted by molar-refractivity contribution is 0.115. The number of rotatable bonds is 10. The highest BCUT2D eigenvalue weighted by molar-refractivity contribution is 14.0. The Balaban J connectivity index is 0.00000261. The van der Waals surface area contributed by atoms with Gasteiger partial charge in [-0.2, -0.15) is 0 Å². The van der Waals surface area contributed by atoms with Gasteiger partial charge in [-0.05, 0) is 63.1 Å². The standard InChI is InChI=1S/C20H34N4OS.HI/c1-3-21-20(23(2)12-13-25-16-17-8-9-17)22-15-18(19-7-6-14-26-19)24-10-4-5-11-24;/h6-7,14,17-18H,3-5,8-13,15-16H2,1-2H3,(H,21,22);1H. The van der Waals surface area contributed by atoms with Crippen LogP contribution in [0.2, 0.25) is 0 Å². The number of hydrogen-bond acceptors (Lipinski definition) is 4. The van der Waals surface area contributed by atoms with Crippen LogP contribution in [0.1, 0.15) is 43.5 Å². The van der Waals surface area contributed by atoms with E-state index in [1.807, 2.05) is 11.3 Å². The van der Waals surface area contributed by atoms with Crippen LogP contribution in [0.3, 0.4) is 0 Å². The Hall–Kier alpha value is -0.380. The predicted octanol–water partition coefficient (Wildman–Crippen LogP) is 3.83. The van der Waals surface area contributed by atoms with Gasteiger partial charge in [0.25, 0.3) is 0 Å². The number of halogens is 1. The van der Waals surface area contributed by atoms with E-state index in [-0.39, 0.29) is 24.0 Å². The third-order valence-electron chi connectivity index (χ3n) is 5.18. The van der Waals surface area contributed by atoms with Gasteiger partial charge in [0.1, 0.15) is 0 Å². The number of aliphatic imine (C=N–C) groups is 1. The molecule has 1 aromatic rings. The zero-order chi connectivity index (χ0) is 18.2. The van der Waals surface area contributed by atoms with E-state index in [1.54, 1.807) is 0 Å². The van der Waals surface area contributed by atoms with Crippen LogP contribution in [0.5, 0.6) is 0 Å². The first-order valence-electron chi connectivity index (χ1n) is 10.1. The number of guanidine groups is 1. The molecule has 2 fully saturated rings. The van der Waals surface area contributed by atoms with Crippen LogP contribution in [0.15, 0.2) is 22.5 Å². The molecule has 1 aliphatic carbocycles. The van der Waals surface area contributed by atoms with Crippen molar-refractivity contribution < 1.29 is 4.74 Å². The number of hydrogen-bond donors (Lipinski definition) is 1. The third-order valence-corrected chi connectivity index (χ3v) is 6.16. The average molecular weight is 506 g/mol. The predicted molar refractivity (Wildman–Crippen MR) is 125 cm³/mol. The summed E-state index contributed by atoms with van der Waals surface area (Å²) in [5.74, 6) is 1.82. The Bertz CT molecular complexity index is 544.